The molecular formula is C17H18Cl2N2. The van der Waals surface area contributed by atoms with Crippen molar-refractivity contribution in [2.75, 3.05) is 0 Å². The summed E-state index contributed by atoms with van der Waals surface area (Å²) in [6, 6.07) is 9.82. The molecule has 1 heterocycles. The number of halogens is 2. The largest absolute Gasteiger partial charge is 0.220 e. The maximum absolute atomic E-state index is 6.38. The molecule has 1 aliphatic rings. The molecule has 1 saturated carbocycles. The zero-order chi connectivity index (χ0) is 14.8. The monoisotopic (exact) mass is 320 g/mol. The second-order valence-electron chi connectivity index (χ2n) is 5.86. The minimum atomic E-state index is 0.390. The highest BCUT2D eigenvalue weighted by molar-refractivity contribution is 6.37. The normalized spacial score (nSPS) is 22.2. The number of rotatable bonds is 2. The molecule has 0 spiro atoms. The first-order chi connectivity index (χ1) is 10.1. The summed E-state index contributed by atoms with van der Waals surface area (Å²) >= 11 is 12.8. The zero-order valence-electron chi connectivity index (χ0n) is 12.0. The standard InChI is InChI=1S/C17H18Cl2N2/c1-11-7-9-13(10-8-11)17-20-15(18)14(16(19)21-17)12-5-3-2-4-6-12/h2-6,11,13H,7-10H2,1H3. The van der Waals surface area contributed by atoms with Crippen molar-refractivity contribution in [3.63, 3.8) is 0 Å². The summed E-state index contributed by atoms with van der Waals surface area (Å²) in [5, 5.41) is 0.907. The molecule has 0 saturated heterocycles. The summed E-state index contributed by atoms with van der Waals surface area (Å²) in [6.07, 6.45) is 4.70. The van der Waals surface area contributed by atoms with E-state index in [9.17, 15) is 0 Å². The summed E-state index contributed by atoms with van der Waals surface area (Å²) in [6.45, 7) is 2.30. The van der Waals surface area contributed by atoms with Crippen LogP contribution < -0.4 is 0 Å². The quantitative estimate of drug-likeness (QED) is 0.659. The van der Waals surface area contributed by atoms with Crippen molar-refractivity contribution in [3.05, 3.63) is 46.5 Å². The van der Waals surface area contributed by atoms with Gasteiger partial charge in [-0.25, -0.2) is 9.97 Å². The highest BCUT2D eigenvalue weighted by Crippen LogP contribution is 2.38. The fraction of sp³-hybridized carbons (Fsp3) is 0.412. The highest BCUT2D eigenvalue weighted by atomic mass is 35.5. The maximum atomic E-state index is 6.38. The van der Waals surface area contributed by atoms with Gasteiger partial charge >= 0.3 is 0 Å². The van der Waals surface area contributed by atoms with Gasteiger partial charge in [0.15, 0.2) is 0 Å². The van der Waals surface area contributed by atoms with Gasteiger partial charge in [-0.1, -0.05) is 73.3 Å². The molecule has 0 bridgehead atoms. The smallest absolute Gasteiger partial charge is 0.142 e. The van der Waals surface area contributed by atoms with Crippen LogP contribution in [0.5, 0.6) is 0 Å². The molecule has 2 nitrogen and oxygen atoms in total. The van der Waals surface area contributed by atoms with Crippen LogP contribution in [0.25, 0.3) is 11.1 Å². The molecule has 0 amide bonds. The third kappa shape index (κ3) is 3.22. The molecule has 0 aliphatic heterocycles. The van der Waals surface area contributed by atoms with Gasteiger partial charge in [0.2, 0.25) is 0 Å². The van der Waals surface area contributed by atoms with Gasteiger partial charge in [0.1, 0.15) is 16.1 Å². The van der Waals surface area contributed by atoms with Gasteiger partial charge < -0.3 is 0 Å². The molecule has 0 N–H and O–H groups in total. The maximum Gasteiger partial charge on any atom is 0.142 e. The molecule has 1 aromatic carbocycles. The van der Waals surface area contributed by atoms with Crippen molar-refractivity contribution in [2.45, 2.75) is 38.5 Å². The lowest BCUT2D eigenvalue weighted by Crippen LogP contribution is -2.14. The topological polar surface area (TPSA) is 25.8 Å². The molecule has 3 rings (SSSR count). The Bertz CT molecular complexity index is 597. The first-order valence-electron chi connectivity index (χ1n) is 7.43. The van der Waals surface area contributed by atoms with E-state index in [2.05, 4.69) is 16.9 Å². The molecule has 1 aromatic heterocycles. The van der Waals surface area contributed by atoms with Crippen LogP contribution in [0, 0.1) is 5.92 Å². The second-order valence-corrected chi connectivity index (χ2v) is 6.58. The molecule has 21 heavy (non-hydrogen) atoms. The van der Waals surface area contributed by atoms with Gasteiger partial charge in [-0.05, 0) is 24.3 Å². The van der Waals surface area contributed by atoms with Crippen molar-refractivity contribution >= 4 is 23.2 Å². The minimum Gasteiger partial charge on any atom is -0.220 e. The molecule has 2 aromatic rings. The van der Waals surface area contributed by atoms with Gasteiger partial charge in [-0.15, -0.1) is 0 Å². The fourth-order valence-electron chi connectivity index (χ4n) is 2.97. The lowest BCUT2D eigenvalue weighted by molar-refractivity contribution is 0.339. The van der Waals surface area contributed by atoms with Crippen molar-refractivity contribution in [3.8, 4) is 11.1 Å². The van der Waals surface area contributed by atoms with E-state index in [4.69, 9.17) is 23.2 Å². The molecular weight excluding hydrogens is 303 g/mol. The van der Waals surface area contributed by atoms with Crippen LogP contribution in [0.2, 0.25) is 10.3 Å². The van der Waals surface area contributed by atoms with Crippen molar-refractivity contribution < 1.29 is 0 Å². The van der Waals surface area contributed by atoms with Gasteiger partial charge in [0.05, 0.1) is 5.56 Å². The first kappa shape index (κ1) is 14.8. The van der Waals surface area contributed by atoms with E-state index in [1.165, 1.54) is 12.8 Å². The van der Waals surface area contributed by atoms with E-state index in [1.807, 2.05) is 30.3 Å². The number of hydrogen-bond acceptors (Lipinski definition) is 2. The van der Waals surface area contributed by atoms with Crippen LogP contribution in [-0.2, 0) is 0 Å². The summed E-state index contributed by atoms with van der Waals surface area (Å²) in [4.78, 5) is 9.06. The first-order valence-corrected chi connectivity index (χ1v) is 8.19. The summed E-state index contributed by atoms with van der Waals surface area (Å²) in [5.74, 6) is 1.99. The number of hydrogen-bond donors (Lipinski definition) is 0. The minimum absolute atomic E-state index is 0.390. The van der Waals surface area contributed by atoms with Crippen LogP contribution in [0.15, 0.2) is 30.3 Å². The van der Waals surface area contributed by atoms with Crippen LogP contribution in [0.1, 0.15) is 44.3 Å². The van der Waals surface area contributed by atoms with E-state index >= 15 is 0 Å². The Morgan fingerprint density at radius 1 is 0.905 bits per heavy atom. The third-order valence-electron chi connectivity index (χ3n) is 4.28. The zero-order valence-corrected chi connectivity index (χ0v) is 13.5. The molecule has 110 valence electrons. The summed E-state index contributed by atoms with van der Waals surface area (Å²) < 4.78 is 0. The molecule has 0 atom stereocenters. The van der Waals surface area contributed by atoms with Gasteiger partial charge in [0.25, 0.3) is 0 Å². The average Bonchev–Trinajstić information content (AvgIpc) is 2.48. The van der Waals surface area contributed by atoms with Gasteiger partial charge in [-0.3, -0.25) is 0 Å². The average molecular weight is 321 g/mol. The Labute approximate surface area is 135 Å². The molecule has 1 fully saturated rings. The third-order valence-corrected chi connectivity index (χ3v) is 4.83. The van der Waals surface area contributed by atoms with E-state index in [0.717, 1.165) is 35.7 Å². The van der Waals surface area contributed by atoms with Crippen LogP contribution in [0.4, 0.5) is 0 Å². The van der Waals surface area contributed by atoms with Crippen LogP contribution >= 0.6 is 23.2 Å². The predicted octanol–water partition coefficient (Wildman–Crippen LogP) is 5.74. The Morgan fingerprint density at radius 3 is 2.05 bits per heavy atom. The fourth-order valence-corrected chi connectivity index (χ4v) is 3.59. The summed E-state index contributed by atoms with van der Waals surface area (Å²) in [7, 11) is 0. The highest BCUT2D eigenvalue weighted by Gasteiger charge is 2.24. The molecule has 0 unspecified atom stereocenters. The van der Waals surface area contributed by atoms with Crippen molar-refractivity contribution in [1.82, 2.24) is 9.97 Å². The molecule has 4 heteroatoms. The Kier molecular flexibility index (Phi) is 4.46. The number of aromatic nitrogens is 2. The lowest BCUT2D eigenvalue weighted by Gasteiger charge is -2.25. The summed E-state index contributed by atoms with van der Waals surface area (Å²) in [5.41, 5.74) is 1.68. The Hall–Kier alpha value is -1.12. The SMILES string of the molecule is CC1CCC(c2nc(Cl)c(-c3ccccc3)c(Cl)n2)CC1. The number of nitrogens with zero attached hydrogens (tertiary/aromatic N) is 2. The van der Waals surface area contributed by atoms with Crippen LogP contribution in [0.3, 0.4) is 0 Å². The van der Waals surface area contributed by atoms with E-state index in [1.54, 1.807) is 0 Å². The number of benzene rings is 1. The molecule has 1 aliphatic carbocycles. The van der Waals surface area contributed by atoms with E-state index < -0.39 is 0 Å². The molecule has 0 radical (unpaired) electrons. The van der Waals surface area contributed by atoms with Crippen molar-refractivity contribution in [2.24, 2.45) is 5.92 Å². The second kappa shape index (κ2) is 6.33. The van der Waals surface area contributed by atoms with E-state index in [-0.39, 0.29) is 0 Å². The Morgan fingerprint density at radius 2 is 1.48 bits per heavy atom. The van der Waals surface area contributed by atoms with E-state index in [0.29, 0.717) is 16.2 Å². The Balaban J connectivity index is 1.93. The van der Waals surface area contributed by atoms with Gasteiger partial charge in [0, 0.05) is 5.92 Å². The van der Waals surface area contributed by atoms with Crippen LogP contribution in [-0.4, -0.2) is 9.97 Å². The predicted molar refractivity (Wildman–Crippen MR) is 87.9 cm³/mol. The lowest BCUT2D eigenvalue weighted by atomic mass is 9.82. The van der Waals surface area contributed by atoms with Crippen molar-refractivity contribution in [1.29, 1.82) is 0 Å². The van der Waals surface area contributed by atoms with Gasteiger partial charge in [-0.2, -0.15) is 0 Å².